The monoisotopic (exact) mass is 382 g/mol. The fourth-order valence-electron chi connectivity index (χ4n) is 3.88. The van der Waals surface area contributed by atoms with E-state index in [0.29, 0.717) is 5.92 Å². The molecule has 0 N–H and O–H groups in total. The molecule has 0 saturated heterocycles. The molecule has 3 heteroatoms. The summed E-state index contributed by atoms with van der Waals surface area (Å²) in [5.74, 6) is 0.396. The fourth-order valence-corrected chi connectivity index (χ4v) is 4.40. The second-order valence-corrected chi connectivity index (χ2v) is 8.85. The van der Waals surface area contributed by atoms with Gasteiger partial charge in [0.1, 0.15) is 5.82 Å². The third-order valence-corrected chi connectivity index (χ3v) is 6.25. The average molecular weight is 383 g/mol. The third-order valence-electron chi connectivity index (χ3n) is 5.31. The summed E-state index contributed by atoms with van der Waals surface area (Å²) in [4.78, 5) is 0.826. The Bertz CT molecular complexity index is 922. The van der Waals surface area contributed by atoms with Crippen LogP contribution in [0.4, 0.5) is 4.39 Å². The number of allylic oxidation sites excluding steroid dienone is 3. The molecule has 142 valence electrons. The molecule has 2 atom stereocenters. The van der Waals surface area contributed by atoms with Crippen LogP contribution < -0.4 is 0 Å². The third kappa shape index (κ3) is 4.30. The highest BCUT2D eigenvalue weighted by molar-refractivity contribution is 7.84. The number of fused-ring (bicyclic) bond motifs is 1. The fraction of sp³-hybridized carbons (Fsp3) is 0.333. The van der Waals surface area contributed by atoms with Crippen molar-refractivity contribution in [1.82, 2.24) is 0 Å². The Labute approximate surface area is 164 Å². The second kappa shape index (κ2) is 8.35. The van der Waals surface area contributed by atoms with Gasteiger partial charge in [-0.15, -0.1) is 0 Å². The van der Waals surface area contributed by atoms with Gasteiger partial charge >= 0.3 is 0 Å². The highest BCUT2D eigenvalue weighted by atomic mass is 32.2. The molecular formula is C24H27FOS. The van der Waals surface area contributed by atoms with E-state index in [1.54, 1.807) is 18.4 Å². The van der Waals surface area contributed by atoms with E-state index in [9.17, 15) is 8.60 Å². The predicted molar refractivity (Wildman–Crippen MR) is 114 cm³/mol. The van der Waals surface area contributed by atoms with E-state index in [4.69, 9.17) is 0 Å². The number of halogens is 1. The van der Waals surface area contributed by atoms with Gasteiger partial charge in [0.05, 0.1) is 0 Å². The van der Waals surface area contributed by atoms with Gasteiger partial charge in [-0.25, -0.2) is 4.39 Å². The average Bonchev–Trinajstić information content (AvgIpc) is 2.87. The number of benzene rings is 2. The minimum atomic E-state index is -0.973. The summed E-state index contributed by atoms with van der Waals surface area (Å²) < 4.78 is 25.6. The van der Waals surface area contributed by atoms with Crippen molar-refractivity contribution in [3.05, 3.63) is 70.5 Å². The molecule has 2 unspecified atom stereocenters. The Kier molecular flexibility index (Phi) is 6.11. The normalized spacial score (nSPS) is 17.3. The largest absolute Gasteiger partial charge is 0.255 e. The minimum absolute atomic E-state index is 0.182. The van der Waals surface area contributed by atoms with E-state index in [1.165, 1.54) is 17.6 Å². The maximum absolute atomic E-state index is 14.0. The highest BCUT2D eigenvalue weighted by Crippen LogP contribution is 2.45. The molecule has 0 amide bonds. The molecule has 2 aromatic carbocycles. The Balaban J connectivity index is 2.04. The van der Waals surface area contributed by atoms with Gasteiger partial charge in [-0.3, -0.25) is 4.21 Å². The Hall–Kier alpha value is -2.00. The first-order valence-corrected chi connectivity index (χ1v) is 11.1. The Morgan fingerprint density at radius 3 is 2.44 bits per heavy atom. The Morgan fingerprint density at radius 2 is 1.81 bits per heavy atom. The molecule has 2 aromatic rings. The van der Waals surface area contributed by atoms with Gasteiger partial charge in [0.2, 0.25) is 0 Å². The first-order valence-electron chi connectivity index (χ1n) is 9.56. The van der Waals surface area contributed by atoms with Gasteiger partial charge in [-0.05, 0) is 83.0 Å². The lowest BCUT2D eigenvalue weighted by molar-refractivity contribution is 0.538. The van der Waals surface area contributed by atoms with Gasteiger partial charge in [0.25, 0.3) is 0 Å². The number of hydrogen-bond acceptors (Lipinski definition) is 1. The van der Waals surface area contributed by atoms with Crippen LogP contribution in [0.2, 0.25) is 0 Å². The summed E-state index contributed by atoms with van der Waals surface area (Å²) in [6.45, 7) is 6.62. The van der Waals surface area contributed by atoms with Gasteiger partial charge in [0.15, 0.2) is 0 Å². The molecule has 0 spiro atoms. The maximum atomic E-state index is 14.0. The van der Waals surface area contributed by atoms with Crippen LogP contribution in [0, 0.1) is 11.7 Å². The quantitative estimate of drug-likeness (QED) is 0.542. The van der Waals surface area contributed by atoms with Crippen LogP contribution in [0.3, 0.4) is 0 Å². The summed E-state index contributed by atoms with van der Waals surface area (Å²) in [6, 6.07) is 12.9. The SMILES string of the molecule is CCCC(C)CC1=C(C)/C(=C/c2ccc(S(C)=O)cc2)c2ccc(F)cc21. The van der Waals surface area contributed by atoms with Crippen LogP contribution in [0.5, 0.6) is 0 Å². The molecular weight excluding hydrogens is 355 g/mol. The lowest BCUT2D eigenvalue weighted by Crippen LogP contribution is -1.96. The summed E-state index contributed by atoms with van der Waals surface area (Å²) in [6.07, 6.45) is 7.16. The minimum Gasteiger partial charge on any atom is -0.255 e. The van der Waals surface area contributed by atoms with Crippen LogP contribution in [-0.4, -0.2) is 10.5 Å². The molecule has 1 nitrogen and oxygen atoms in total. The standard InChI is InChI=1S/C24H27FOS/c1-5-6-16(2)13-22-17(3)23(21-12-9-19(25)15-24(21)22)14-18-7-10-20(11-8-18)27(4)26/h7-12,14-16H,5-6,13H2,1-4H3/b23-14-. The number of rotatable bonds is 6. The van der Waals surface area contributed by atoms with Gasteiger partial charge in [0, 0.05) is 22.0 Å². The van der Waals surface area contributed by atoms with E-state index in [2.05, 4.69) is 26.8 Å². The molecule has 27 heavy (non-hydrogen) atoms. The van der Waals surface area contributed by atoms with Crippen molar-refractivity contribution in [2.45, 2.75) is 44.9 Å². The van der Waals surface area contributed by atoms with Crippen LogP contribution in [0.1, 0.15) is 56.7 Å². The molecule has 1 aliphatic carbocycles. The summed E-state index contributed by atoms with van der Waals surface area (Å²) in [5.41, 5.74) is 6.87. The molecule has 0 aliphatic heterocycles. The summed E-state index contributed by atoms with van der Waals surface area (Å²) in [7, 11) is -0.973. The van der Waals surface area contributed by atoms with Gasteiger partial charge in [-0.2, -0.15) is 0 Å². The topological polar surface area (TPSA) is 17.1 Å². The lowest BCUT2D eigenvalue weighted by Gasteiger charge is -2.13. The zero-order valence-electron chi connectivity index (χ0n) is 16.5. The van der Waals surface area contributed by atoms with Crippen molar-refractivity contribution in [3.63, 3.8) is 0 Å². The first-order chi connectivity index (χ1) is 12.9. The lowest BCUT2D eigenvalue weighted by atomic mass is 9.92. The van der Waals surface area contributed by atoms with E-state index in [0.717, 1.165) is 40.0 Å². The molecule has 0 fully saturated rings. The van der Waals surface area contributed by atoms with Crippen LogP contribution >= 0.6 is 0 Å². The molecule has 3 rings (SSSR count). The molecule has 0 bridgehead atoms. The smallest absolute Gasteiger partial charge is 0.123 e. The van der Waals surface area contributed by atoms with Crippen molar-refractivity contribution >= 4 is 28.0 Å². The summed E-state index contributed by atoms with van der Waals surface area (Å²) >= 11 is 0. The van der Waals surface area contributed by atoms with Crippen molar-refractivity contribution in [2.24, 2.45) is 5.92 Å². The van der Waals surface area contributed by atoms with Crippen molar-refractivity contribution < 1.29 is 8.60 Å². The molecule has 0 aromatic heterocycles. The summed E-state index contributed by atoms with van der Waals surface area (Å²) in [5, 5.41) is 0. The van der Waals surface area contributed by atoms with Gasteiger partial charge in [-0.1, -0.05) is 44.9 Å². The van der Waals surface area contributed by atoms with Crippen molar-refractivity contribution in [1.29, 1.82) is 0 Å². The first kappa shape index (κ1) is 19.8. The van der Waals surface area contributed by atoms with E-state index in [-0.39, 0.29) is 5.82 Å². The molecule has 0 heterocycles. The van der Waals surface area contributed by atoms with E-state index < -0.39 is 10.8 Å². The van der Waals surface area contributed by atoms with Crippen LogP contribution in [0.15, 0.2) is 52.9 Å². The second-order valence-electron chi connectivity index (χ2n) is 7.47. The number of hydrogen-bond donors (Lipinski definition) is 0. The molecule has 0 radical (unpaired) electrons. The van der Waals surface area contributed by atoms with E-state index >= 15 is 0 Å². The van der Waals surface area contributed by atoms with E-state index in [1.807, 2.05) is 30.3 Å². The molecule has 0 saturated carbocycles. The maximum Gasteiger partial charge on any atom is 0.123 e. The molecule has 1 aliphatic rings. The Morgan fingerprint density at radius 1 is 1.11 bits per heavy atom. The predicted octanol–water partition coefficient (Wildman–Crippen LogP) is 6.72. The van der Waals surface area contributed by atoms with Gasteiger partial charge < -0.3 is 0 Å². The van der Waals surface area contributed by atoms with Crippen molar-refractivity contribution in [2.75, 3.05) is 6.26 Å². The zero-order valence-corrected chi connectivity index (χ0v) is 17.3. The highest BCUT2D eigenvalue weighted by Gasteiger charge is 2.25. The van der Waals surface area contributed by atoms with Crippen molar-refractivity contribution in [3.8, 4) is 0 Å². The van der Waals surface area contributed by atoms with Crippen LogP contribution in [-0.2, 0) is 10.8 Å². The zero-order chi connectivity index (χ0) is 19.6. The van der Waals surface area contributed by atoms with Crippen LogP contribution in [0.25, 0.3) is 17.2 Å².